The van der Waals surface area contributed by atoms with Gasteiger partial charge < -0.3 is 25.4 Å². The highest BCUT2D eigenvalue weighted by Gasteiger charge is 2.30. The molecule has 0 saturated carbocycles. The smallest absolute Gasteiger partial charge is 0.255 e. The van der Waals surface area contributed by atoms with Gasteiger partial charge in [0.25, 0.3) is 11.8 Å². The molecule has 4 rings (SSSR count). The summed E-state index contributed by atoms with van der Waals surface area (Å²) in [4.78, 5) is 28.4. The minimum atomic E-state index is -1.15. The molecule has 9 nitrogen and oxygen atoms in total. The number of ether oxygens (including phenoxy) is 1. The number of carbonyl (C=O) groups is 2. The van der Waals surface area contributed by atoms with Crippen molar-refractivity contribution in [2.45, 2.75) is 25.6 Å². The Morgan fingerprint density at radius 2 is 1.77 bits per heavy atom. The van der Waals surface area contributed by atoms with Crippen molar-refractivity contribution in [1.82, 2.24) is 25.7 Å². The summed E-state index contributed by atoms with van der Waals surface area (Å²) in [5.74, 6) is -0.276. The lowest BCUT2D eigenvalue weighted by Crippen LogP contribution is -2.46. The molecule has 0 unspecified atom stereocenters. The Kier molecular flexibility index (Phi) is 8.98. The maximum Gasteiger partial charge on any atom is 0.255 e. The fourth-order valence-corrected chi connectivity index (χ4v) is 4.48. The van der Waals surface area contributed by atoms with Crippen molar-refractivity contribution >= 4 is 11.8 Å². The van der Waals surface area contributed by atoms with Gasteiger partial charge in [-0.25, -0.2) is 0 Å². The lowest BCUT2D eigenvalue weighted by atomic mass is 9.90. The number of H-pyrrole nitrogens is 1. The van der Waals surface area contributed by atoms with Crippen molar-refractivity contribution in [2.24, 2.45) is 0 Å². The van der Waals surface area contributed by atoms with Gasteiger partial charge in [0.1, 0.15) is 5.75 Å². The zero-order valence-electron chi connectivity index (χ0n) is 23.2. The van der Waals surface area contributed by atoms with E-state index in [-0.39, 0.29) is 12.5 Å². The molecule has 2 amide bonds. The van der Waals surface area contributed by atoms with Crippen LogP contribution in [0.1, 0.15) is 44.3 Å². The molecule has 0 aliphatic rings. The van der Waals surface area contributed by atoms with Crippen molar-refractivity contribution in [3.8, 4) is 16.9 Å². The van der Waals surface area contributed by atoms with Crippen LogP contribution in [0.25, 0.3) is 11.1 Å². The monoisotopic (exact) mass is 541 g/mol. The summed E-state index contributed by atoms with van der Waals surface area (Å²) in [6.07, 6.45) is 3.44. The highest BCUT2D eigenvalue weighted by Crippen LogP contribution is 2.28. The first kappa shape index (κ1) is 28.5. The van der Waals surface area contributed by atoms with Crippen molar-refractivity contribution in [2.75, 3.05) is 27.8 Å². The van der Waals surface area contributed by atoms with Crippen molar-refractivity contribution in [3.63, 3.8) is 0 Å². The number of carbonyl (C=O) groups excluding carboxylic acids is 2. The molecular formula is C31H35N5O4. The fourth-order valence-electron chi connectivity index (χ4n) is 4.48. The molecule has 0 bridgehead atoms. The number of amides is 2. The fraction of sp³-hybridized carbons (Fsp3) is 0.258. The van der Waals surface area contributed by atoms with Crippen LogP contribution in [0.15, 0.2) is 79.1 Å². The minimum Gasteiger partial charge on any atom is -0.496 e. The molecule has 1 aromatic heterocycles. The Morgan fingerprint density at radius 3 is 2.48 bits per heavy atom. The van der Waals surface area contributed by atoms with E-state index in [0.717, 1.165) is 23.2 Å². The summed E-state index contributed by atoms with van der Waals surface area (Å²) in [5.41, 5.74) is 4.07. The molecule has 4 aromatic rings. The number of rotatable bonds is 11. The number of aliphatic hydroxyl groups is 1. The average molecular weight is 542 g/mol. The molecule has 0 aliphatic carbocycles. The second kappa shape index (κ2) is 12.6. The van der Waals surface area contributed by atoms with Crippen LogP contribution in [0.5, 0.6) is 5.75 Å². The van der Waals surface area contributed by atoms with Crippen LogP contribution in [0.3, 0.4) is 0 Å². The van der Waals surface area contributed by atoms with Gasteiger partial charge in [-0.1, -0.05) is 42.5 Å². The van der Waals surface area contributed by atoms with E-state index in [1.807, 2.05) is 26.2 Å². The van der Waals surface area contributed by atoms with E-state index in [9.17, 15) is 14.7 Å². The number of methoxy groups -OCH3 is 1. The summed E-state index contributed by atoms with van der Waals surface area (Å²) in [7, 11) is 5.52. The van der Waals surface area contributed by atoms with Crippen molar-refractivity contribution in [1.29, 1.82) is 0 Å². The molecule has 40 heavy (non-hydrogen) atoms. The summed E-state index contributed by atoms with van der Waals surface area (Å²) < 4.78 is 5.49. The van der Waals surface area contributed by atoms with Crippen LogP contribution in [0.2, 0.25) is 0 Å². The van der Waals surface area contributed by atoms with Gasteiger partial charge in [0.05, 0.1) is 31.0 Å². The van der Waals surface area contributed by atoms with Gasteiger partial charge >= 0.3 is 0 Å². The standard InChI is InChI=1S/C31H35N5O4/c1-31(20-37,35-30(39)27-12-11-23(15-28(27)40-4)25-17-33-34-18-25)26-10-6-9-24(14-26)29(38)32-16-21-7-5-8-22(13-21)19-36(2)3/h5-15,17-18,37H,16,19-20H2,1-4H3,(H,32,38)(H,33,34)(H,35,39)/t31-/m0/s1. The second-order valence-corrected chi connectivity index (χ2v) is 10.2. The number of hydrogen-bond donors (Lipinski definition) is 4. The number of hydrogen-bond acceptors (Lipinski definition) is 6. The third kappa shape index (κ3) is 6.74. The molecule has 0 aliphatic heterocycles. The van der Waals surface area contributed by atoms with E-state index in [0.29, 0.717) is 29.0 Å². The highest BCUT2D eigenvalue weighted by atomic mass is 16.5. The predicted molar refractivity (Wildman–Crippen MR) is 154 cm³/mol. The zero-order chi connectivity index (χ0) is 28.7. The van der Waals surface area contributed by atoms with E-state index in [4.69, 9.17) is 4.74 Å². The van der Waals surface area contributed by atoms with Crippen LogP contribution in [-0.4, -0.2) is 59.8 Å². The molecule has 0 fully saturated rings. The summed E-state index contributed by atoms with van der Waals surface area (Å²) >= 11 is 0. The van der Waals surface area contributed by atoms with Crippen LogP contribution in [0.4, 0.5) is 0 Å². The number of nitrogens with one attached hydrogen (secondary N) is 3. The molecule has 208 valence electrons. The Labute approximate surface area is 234 Å². The summed E-state index contributed by atoms with van der Waals surface area (Å²) in [6.45, 7) is 2.53. The molecule has 0 saturated heterocycles. The van der Waals surface area contributed by atoms with E-state index >= 15 is 0 Å². The summed E-state index contributed by atoms with van der Waals surface area (Å²) in [5, 5.41) is 23.0. The normalized spacial score (nSPS) is 12.6. The number of aliphatic hydroxyl groups excluding tert-OH is 1. The van der Waals surface area contributed by atoms with Gasteiger partial charge in [-0.15, -0.1) is 0 Å². The van der Waals surface area contributed by atoms with E-state index < -0.39 is 11.4 Å². The maximum absolute atomic E-state index is 13.3. The number of nitrogens with zero attached hydrogens (tertiary/aromatic N) is 2. The first-order valence-corrected chi connectivity index (χ1v) is 12.9. The molecule has 1 heterocycles. The Hall–Kier alpha value is -4.47. The first-order chi connectivity index (χ1) is 19.2. The second-order valence-electron chi connectivity index (χ2n) is 10.2. The quantitative estimate of drug-likeness (QED) is 0.230. The topological polar surface area (TPSA) is 120 Å². The third-order valence-electron chi connectivity index (χ3n) is 6.69. The minimum absolute atomic E-state index is 0.247. The molecule has 0 spiro atoms. The number of benzene rings is 3. The van der Waals surface area contributed by atoms with Crippen molar-refractivity contribution in [3.05, 3.63) is 107 Å². The van der Waals surface area contributed by atoms with E-state index in [2.05, 4.69) is 37.9 Å². The Balaban J connectivity index is 1.48. The Morgan fingerprint density at radius 1 is 1.00 bits per heavy atom. The lowest BCUT2D eigenvalue weighted by Gasteiger charge is -2.30. The SMILES string of the molecule is COc1cc(-c2cn[nH]c2)ccc1C(=O)N[C@@](C)(CO)c1cccc(C(=O)NCc2cccc(CN(C)C)c2)c1. The first-order valence-electron chi connectivity index (χ1n) is 12.9. The average Bonchev–Trinajstić information content (AvgIpc) is 3.50. The maximum atomic E-state index is 13.3. The van der Waals surface area contributed by atoms with Gasteiger partial charge in [0, 0.05) is 30.4 Å². The Bertz CT molecular complexity index is 1470. The lowest BCUT2D eigenvalue weighted by molar-refractivity contribution is 0.0846. The zero-order valence-corrected chi connectivity index (χ0v) is 23.2. The van der Waals surface area contributed by atoms with Crippen LogP contribution < -0.4 is 15.4 Å². The predicted octanol–water partition coefficient (Wildman–Crippen LogP) is 3.71. The van der Waals surface area contributed by atoms with E-state index in [1.54, 1.807) is 61.8 Å². The van der Waals surface area contributed by atoms with Gasteiger partial charge in [-0.2, -0.15) is 5.10 Å². The van der Waals surface area contributed by atoms with Gasteiger partial charge in [0.2, 0.25) is 0 Å². The van der Waals surface area contributed by atoms with Gasteiger partial charge in [0.15, 0.2) is 0 Å². The highest BCUT2D eigenvalue weighted by molar-refractivity contribution is 5.98. The molecule has 4 N–H and O–H groups in total. The van der Waals surface area contributed by atoms with Gasteiger partial charge in [-0.05, 0) is 67.5 Å². The molecule has 0 radical (unpaired) electrons. The molecular weight excluding hydrogens is 506 g/mol. The van der Waals surface area contributed by atoms with Crippen LogP contribution in [-0.2, 0) is 18.6 Å². The molecule has 9 heteroatoms. The third-order valence-corrected chi connectivity index (χ3v) is 6.69. The largest absolute Gasteiger partial charge is 0.496 e. The van der Waals surface area contributed by atoms with E-state index in [1.165, 1.54) is 12.7 Å². The van der Waals surface area contributed by atoms with Gasteiger partial charge in [-0.3, -0.25) is 14.7 Å². The number of aromatic amines is 1. The number of aromatic nitrogens is 2. The molecule has 3 aromatic carbocycles. The van der Waals surface area contributed by atoms with Crippen LogP contribution in [0, 0.1) is 0 Å². The van der Waals surface area contributed by atoms with Crippen molar-refractivity contribution < 1.29 is 19.4 Å². The molecule has 1 atom stereocenters. The summed E-state index contributed by atoms with van der Waals surface area (Å²) in [6, 6.07) is 20.2. The van der Waals surface area contributed by atoms with Crippen LogP contribution >= 0.6 is 0 Å².